The molecule has 12 heavy (non-hydrogen) atoms. The van der Waals surface area contributed by atoms with Gasteiger partial charge in [-0.05, 0) is 0 Å². The Hall–Kier alpha value is -0.574. The summed E-state index contributed by atoms with van der Waals surface area (Å²) in [4.78, 5) is 0. The minimum atomic E-state index is 0. The van der Waals surface area contributed by atoms with E-state index >= 15 is 0 Å². The van der Waals surface area contributed by atoms with Crippen molar-refractivity contribution in [2.45, 2.75) is 12.8 Å². The third kappa shape index (κ3) is 2.20. The smallest absolute Gasteiger partial charge is 0.870 e. The molecule has 2 heteroatoms. The summed E-state index contributed by atoms with van der Waals surface area (Å²) in [6.07, 6.45) is 15.5. The van der Waals surface area contributed by atoms with Crippen molar-refractivity contribution in [3.8, 4) is 0 Å². The summed E-state index contributed by atoms with van der Waals surface area (Å²) in [5.41, 5.74) is 0. The van der Waals surface area contributed by atoms with E-state index in [1.54, 1.807) is 0 Å². The summed E-state index contributed by atoms with van der Waals surface area (Å²) in [7, 11) is 0. The molecular weight excluding hydrogens is 195 g/mol. The Morgan fingerprint density at radius 2 is 1.42 bits per heavy atom. The summed E-state index contributed by atoms with van der Waals surface area (Å²) in [5, 5.41) is 0. The van der Waals surface area contributed by atoms with Gasteiger partial charge < -0.3 is 5.48 Å². The number of allylic oxidation sites excluding steroid dienone is 8. The Kier molecular flexibility index (Phi) is 3.53. The van der Waals surface area contributed by atoms with Crippen LogP contribution in [0.25, 0.3) is 0 Å². The zero-order valence-electron chi connectivity index (χ0n) is 6.66. The first-order valence-corrected chi connectivity index (χ1v) is 4.81. The molecule has 0 saturated heterocycles. The zero-order chi connectivity index (χ0) is 7.52. The average Bonchev–Trinajstić information content (AvgIpc) is 2.60. The van der Waals surface area contributed by atoms with Crippen molar-refractivity contribution >= 4 is 0 Å². The van der Waals surface area contributed by atoms with Crippen molar-refractivity contribution in [1.82, 2.24) is 0 Å². The molecule has 0 bridgehead atoms. The van der Waals surface area contributed by atoms with Gasteiger partial charge in [0, 0.05) is 0 Å². The molecule has 0 heterocycles. The molecule has 0 aliphatic heterocycles. The van der Waals surface area contributed by atoms with Crippen LogP contribution in [-0.2, 0) is 14.7 Å². The Bertz CT molecular complexity index is 244. The third-order valence-corrected chi connectivity index (χ3v) is 3.07. The molecule has 0 aromatic rings. The second kappa shape index (κ2) is 4.45. The molecule has 0 unspecified atom stereocenters. The van der Waals surface area contributed by atoms with E-state index in [9.17, 15) is 0 Å². The fraction of sp³-hybridized carbons (Fsp3) is 0.200. The molecule has 0 fully saturated rings. The molecule has 2 aliphatic rings. The van der Waals surface area contributed by atoms with Crippen LogP contribution in [0.2, 0.25) is 0 Å². The second-order valence-corrected chi connectivity index (χ2v) is 4.12. The molecule has 0 radical (unpaired) electrons. The minimum absolute atomic E-state index is 0. The first-order valence-electron chi connectivity index (χ1n) is 3.77. The first kappa shape index (κ1) is 9.51. The molecular formula is C10H11CoO. The van der Waals surface area contributed by atoms with Crippen molar-refractivity contribution in [3.05, 3.63) is 45.5 Å². The topological polar surface area (TPSA) is 30.0 Å². The van der Waals surface area contributed by atoms with Crippen LogP contribution in [0.1, 0.15) is 12.8 Å². The van der Waals surface area contributed by atoms with Crippen molar-refractivity contribution in [1.29, 1.82) is 0 Å². The van der Waals surface area contributed by atoms with Gasteiger partial charge in [-0.15, -0.1) is 0 Å². The maximum Gasteiger partial charge on any atom is -0.870 e. The largest absolute Gasteiger partial charge is 0.870 e. The van der Waals surface area contributed by atoms with E-state index in [0.29, 0.717) is 0 Å². The quantitative estimate of drug-likeness (QED) is 0.682. The average molecular weight is 206 g/mol. The van der Waals surface area contributed by atoms with Gasteiger partial charge in [0.1, 0.15) is 0 Å². The summed E-state index contributed by atoms with van der Waals surface area (Å²) in [6.45, 7) is 0. The molecule has 2 rings (SSSR count). The van der Waals surface area contributed by atoms with Crippen LogP contribution in [0.3, 0.4) is 0 Å². The molecule has 0 amide bonds. The number of rotatable bonds is 2. The van der Waals surface area contributed by atoms with Gasteiger partial charge in [-0.3, -0.25) is 0 Å². The van der Waals surface area contributed by atoms with Gasteiger partial charge >= 0.3 is 73.0 Å². The Labute approximate surface area is 78.8 Å². The van der Waals surface area contributed by atoms with E-state index in [2.05, 4.69) is 36.5 Å². The van der Waals surface area contributed by atoms with Crippen LogP contribution in [-0.4, -0.2) is 5.48 Å². The predicted octanol–water partition coefficient (Wildman–Crippen LogP) is 2.58. The number of hydrogen-bond acceptors (Lipinski definition) is 1. The number of hydrogen-bond donors (Lipinski definition) is 0. The van der Waals surface area contributed by atoms with E-state index < -0.39 is 0 Å². The normalized spacial score (nSPS) is 19.3. The molecule has 0 spiro atoms. The van der Waals surface area contributed by atoms with E-state index in [0.717, 1.165) is 12.8 Å². The maximum atomic E-state index is 2.22. The zero-order valence-corrected chi connectivity index (χ0v) is 7.70. The van der Waals surface area contributed by atoms with Crippen molar-refractivity contribution in [2.24, 2.45) is 0 Å². The van der Waals surface area contributed by atoms with Gasteiger partial charge in [0.25, 0.3) is 0 Å². The van der Waals surface area contributed by atoms with Crippen LogP contribution in [0.4, 0.5) is 0 Å². The molecule has 2 aliphatic carbocycles. The van der Waals surface area contributed by atoms with E-state index in [1.807, 2.05) is 0 Å². The molecule has 1 N–H and O–H groups in total. The minimum Gasteiger partial charge on any atom is -0.870 e. The van der Waals surface area contributed by atoms with E-state index in [-0.39, 0.29) is 5.48 Å². The Balaban J connectivity index is 0.000000720. The van der Waals surface area contributed by atoms with Crippen LogP contribution < -0.4 is 0 Å². The third-order valence-electron chi connectivity index (χ3n) is 1.63. The van der Waals surface area contributed by atoms with Gasteiger partial charge in [-0.1, -0.05) is 0 Å². The van der Waals surface area contributed by atoms with Gasteiger partial charge in [-0.25, -0.2) is 0 Å². The van der Waals surface area contributed by atoms with Crippen LogP contribution in [0.5, 0.6) is 0 Å². The summed E-state index contributed by atoms with van der Waals surface area (Å²) >= 11 is 1.45. The molecule has 0 aromatic carbocycles. The maximum absolute atomic E-state index is 2.22. The monoisotopic (exact) mass is 206 g/mol. The van der Waals surface area contributed by atoms with E-state index in [4.69, 9.17) is 0 Å². The van der Waals surface area contributed by atoms with Crippen molar-refractivity contribution in [3.63, 3.8) is 0 Å². The summed E-state index contributed by atoms with van der Waals surface area (Å²) in [6, 6.07) is 0. The first-order chi connectivity index (χ1) is 5.45. The van der Waals surface area contributed by atoms with Crippen LogP contribution in [0.15, 0.2) is 45.5 Å². The van der Waals surface area contributed by atoms with E-state index in [1.165, 1.54) is 23.7 Å². The fourth-order valence-corrected chi connectivity index (χ4v) is 2.35. The SMILES string of the molecule is C1=CC[C]([Co+][C]2=CC=CC2)=C1.[OH-]. The van der Waals surface area contributed by atoms with Gasteiger partial charge in [0.05, 0.1) is 0 Å². The Morgan fingerprint density at radius 3 is 1.75 bits per heavy atom. The summed E-state index contributed by atoms with van der Waals surface area (Å²) < 4.78 is 3.05. The van der Waals surface area contributed by atoms with Gasteiger partial charge in [0.15, 0.2) is 0 Å². The fourth-order valence-electron chi connectivity index (χ4n) is 1.08. The molecule has 66 valence electrons. The molecule has 1 nitrogen and oxygen atoms in total. The summed E-state index contributed by atoms with van der Waals surface area (Å²) in [5.74, 6) is 0. The molecule has 0 aromatic heterocycles. The molecule has 0 atom stereocenters. The van der Waals surface area contributed by atoms with Crippen LogP contribution >= 0.6 is 0 Å². The molecule has 0 saturated carbocycles. The van der Waals surface area contributed by atoms with Gasteiger partial charge in [0.2, 0.25) is 0 Å². The van der Waals surface area contributed by atoms with Crippen LogP contribution in [0, 0.1) is 0 Å². The van der Waals surface area contributed by atoms with Crippen molar-refractivity contribution in [2.75, 3.05) is 0 Å². The van der Waals surface area contributed by atoms with Gasteiger partial charge in [-0.2, -0.15) is 0 Å². The predicted molar refractivity (Wildman–Crippen MR) is 45.6 cm³/mol. The Morgan fingerprint density at radius 1 is 0.917 bits per heavy atom. The van der Waals surface area contributed by atoms with Crippen molar-refractivity contribution < 1.29 is 20.2 Å². The second-order valence-electron chi connectivity index (χ2n) is 2.52. The standard InChI is InChI=1S/2C5H5.Co.H2O/c2*1-2-4-5-3-1;;/h2*1-3H,4H2;;1H2/q;;+1;/p-1.